The van der Waals surface area contributed by atoms with Crippen molar-refractivity contribution in [1.82, 2.24) is 4.98 Å². The summed E-state index contributed by atoms with van der Waals surface area (Å²) in [5.74, 6) is 0.390. The van der Waals surface area contributed by atoms with Crippen LogP contribution in [0.2, 0.25) is 0 Å². The van der Waals surface area contributed by atoms with Gasteiger partial charge in [-0.3, -0.25) is 4.79 Å². The zero-order valence-corrected chi connectivity index (χ0v) is 9.73. The van der Waals surface area contributed by atoms with Crippen LogP contribution in [0.3, 0.4) is 0 Å². The predicted octanol–water partition coefficient (Wildman–Crippen LogP) is 0.160. The zero-order chi connectivity index (χ0) is 12.1. The lowest BCUT2D eigenvalue weighted by molar-refractivity contribution is -0.116. The van der Waals surface area contributed by atoms with Crippen LogP contribution in [0.25, 0.3) is 0 Å². The minimum absolute atomic E-state index is 0.178. The van der Waals surface area contributed by atoms with E-state index in [9.17, 15) is 4.79 Å². The van der Waals surface area contributed by atoms with Crippen LogP contribution in [0.15, 0.2) is 12.1 Å². The standard InChI is InChI=1S/C11H18N4O/c1-3-15(7-10(13)16)11-5-9(6-12)4-8(2)14-11/h4-5H,3,6-7,12H2,1-2H3,(H2,13,16). The molecule has 1 aromatic heterocycles. The van der Waals surface area contributed by atoms with Gasteiger partial charge in [0.25, 0.3) is 0 Å². The quantitative estimate of drug-likeness (QED) is 0.743. The number of aromatic nitrogens is 1. The number of nitrogens with two attached hydrogens (primary N) is 2. The van der Waals surface area contributed by atoms with Crippen LogP contribution < -0.4 is 16.4 Å². The first kappa shape index (κ1) is 12.4. The van der Waals surface area contributed by atoms with Crippen molar-refractivity contribution in [2.45, 2.75) is 20.4 Å². The highest BCUT2D eigenvalue weighted by molar-refractivity contribution is 5.79. The first-order valence-corrected chi connectivity index (χ1v) is 5.27. The van der Waals surface area contributed by atoms with Crippen molar-refractivity contribution >= 4 is 11.7 Å². The molecule has 0 aliphatic carbocycles. The van der Waals surface area contributed by atoms with Crippen molar-refractivity contribution in [3.63, 3.8) is 0 Å². The van der Waals surface area contributed by atoms with Gasteiger partial charge in [-0.2, -0.15) is 0 Å². The normalized spacial score (nSPS) is 10.2. The van der Waals surface area contributed by atoms with Crippen LogP contribution in [0.4, 0.5) is 5.82 Å². The summed E-state index contributed by atoms with van der Waals surface area (Å²) in [6, 6.07) is 3.82. The minimum Gasteiger partial charge on any atom is -0.368 e. The second-order valence-corrected chi connectivity index (χ2v) is 3.66. The summed E-state index contributed by atoms with van der Waals surface area (Å²) in [7, 11) is 0. The van der Waals surface area contributed by atoms with E-state index >= 15 is 0 Å². The molecule has 0 aliphatic heterocycles. The minimum atomic E-state index is -0.362. The van der Waals surface area contributed by atoms with Gasteiger partial charge < -0.3 is 16.4 Å². The number of hydrogen-bond acceptors (Lipinski definition) is 4. The summed E-state index contributed by atoms with van der Waals surface area (Å²) in [5, 5.41) is 0. The lowest BCUT2D eigenvalue weighted by Gasteiger charge is -2.21. The molecule has 0 fully saturated rings. The molecule has 1 heterocycles. The first-order valence-electron chi connectivity index (χ1n) is 5.27. The maximum Gasteiger partial charge on any atom is 0.236 e. The van der Waals surface area contributed by atoms with Crippen LogP contribution in [0, 0.1) is 6.92 Å². The third-order valence-electron chi connectivity index (χ3n) is 2.29. The average Bonchev–Trinajstić information content (AvgIpc) is 2.24. The Kier molecular flexibility index (Phi) is 4.25. The number of hydrogen-bond donors (Lipinski definition) is 2. The summed E-state index contributed by atoms with van der Waals surface area (Å²) in [6.07, 6.45) is 0. The fraction of sp³-hybridized carbons (Fsp3) is 0.455. The lowest BCUT2D eigenvalue weighted by Crippen LogP contribution is -2.34. The first-order chi connectivity index (χ1) is 7.56. The Morgan fingerprint density at radius 3 is 2.69 bits per heavy atom. The van der Waals surface area contributed by atoms with E-state index in [1.807, 2.05) is 30.9 Å². The van der Waals surface area contributed by atoms with Gasteiger partial charge in [-0.05, 0) is 31.5 Å². The van der Waals surface area contributed by atoms with Gasteiger partial charge in [0, 0.05) is 18.8 Å². The van der Waals surface area contributed by atoms with Crippen molar-refractivity contribution < 1.29 is 4.79 Å². The lowest BCUT2D eigenvalue weighted by atomic mass is 10.2. The molecule has 0 aromatic carbocycles. The Bertz CT molecular complexity index is 378. The van der Waals surface area contributed by atoms with Crippen LogP contribution in [-0.4, -0.2) is 24.0 Å². The topological polar surface area (TPSA) is 85.2 Å². The summed E-state index contributed by atoms with van der Waals surface area (Å²) in [5.41, 5.74) is 12.7. The average molecular weight is 222 g/mol. The smallest absolute Gasteiger partial charge is 0.236 e. The Balaban J connectivity index is 2.99. The Morgan fingerprint density at radius 1 is 1.50 bits per heavy atom. The molecular formula is C11H18N4O. The van der Waals surface area contributed by atoms with Crippen molar-refractivity contribution in [2.24, 2.45) is 11.5 Å². The second kappa shape index (κ2) is 5.46. The number of rotatable bonds is 5. The highest BCUT2D eigenvalue weighted by Crippen LogP contribution is 2.14. The molecule has 0 atom stereocenters. The van der Waals surface area contributed by atoms with Gasteiger partial charge in [-0.1, -0.05) is 0 Å². The number of anilines is 1. The maximum atomic E-state index is 10.9. The van der Waals surface area contributed by atoms with Gasteiger partial charge in [0.2, 0.25) is 5.91 Å². The van der Waals surface area contributed by atoms with Gasteiger partial charge in [0.05, 0.1) is 6.54 Å². The Labute approximate surface area is 95.4 Å². The summed E-state index contributed by atoms with van der Waals surface area (Å²) in [6.45, 7) is 5.18. The zero-order valence-electron chi connectivity index (χ0n) is 9.73. The number of carbonyl (C=O) groups is 1. The fourth-order valence-electron chi connectivity index (χ4n) is 1.54. The van der Waals surface area contributed by atoms with Crippen LogP contribution in [0.5, 0.6) is 0 Å². The Hall–Kier alpha value is -1.62. The van der Waals surface area contributed by atoms with E-state index < -0.39 is 0 Å². The monoisotopic (exact) mass is 222 g/mol. The summed E-state index contributed by atoms with van der Waals surface area (Å²) in [4.78, 5) is 17.1. The fourth-order valence-corrected chi connectivity index (χ4v) is 1.54. The predicted molar refractivity (Wildman–Crippen MR) is 63.9 cm³/mol. The largest absolute Gasteiger partial charge is 0.368 e. The third-order valence-corrected chi connectivity index (χ3v) is 2.29. The number of aryl methyl sites for hydroxylation is 1. The summed E-state index contributed by atoms with van der Waals surface area (Å²) >= 11 is 0. The van der Waals surface area contributed by atoms with Gasteiger partial charge in [-0.25, -0.2) is 4.98 Å². The van der Waals surface area contributed by atoms with Gasteiger partial charge in [0.1, 0.15) is 5.82 Å². The molecule has 0 aliphatic rings. The molecule has 0 radical (unpaired) electrons. The molecule has 16 heavy (non-hydrogen) atoms. The van der Waals surface area contributed by atoms with Crippen LogP contribution in [0.1, 0.15) is 18.2 Å². The number of carbonyl (C=O) groups excluding carboxylic acids is 1. The van der Waals surface area contributed by atoms with Gasteiger partial charge >= 0.3 is 0 Å². The number of amides is 1. The molecule has 0 spiro atoms. The van der Waals surface area contributed by atoms with Crippen molar-refractivity contribution in [3.05, 3.63) is 23.4 Å². The van der Waals surface area contributed by atoms with E-state index in [1.54, 1.807) is 0 Å². The number of primary amides is 1. The van der Waals surface area contributed by atoms with E-state index in [0.717, 1.165) is 17.1 Å². The highest BCUT2D eigenvalue weighted by atomic mass is 16.1. The molecule has 1 aromatic rings. The summed E-state index contributed by atoms with van der Waals surface area (Å²) < 4.78 is 0. The molecule has 5 heteroatoms. The number of nitrogens with zero attached hydrogens (tertiary/aromatic N) is 2. The molecule has 0 saturated heterocycles. The van der Waals surface area contributed by atoms with Crippen LogP contribution >= 0.6 is 0 Å². The molecule has 5 nitrogen and oxygen atoms in total. The maximum absolute atomic E-state index is 10.9. The van der Waals surface area contributed by atoms with Gasteiger partial charge in [-0.15, -0.1) is 0 Å². The highest BCUT2D eigenvalue weighted by Gasteiger charge is 2.09. The molecule has 1 rings (SSSR count). The van der Waals surface area contributed by atoms with Crippen molar-refractivity contribution in [2.75, 3.05) is 18.0 Å². The SMILES string of the molecule is CCN(CC(N)=O)c1cc(CN)cc(C)n1. The molecular weight excluding hydrogens is 204 g/mol. The second-order valence-electron chi connectivity index (χ2n) is 3.66. The van der Waals surface area contributed by atoms with E-state index in [2.05, 4.69) is 4.98 Å². The Morgan fingerprint density at radius 2 is 2.19 bits per heavy atom. The molecule has 0 unspecified atom stereocenters. The molecule has 0 saturated carbocycles. The third kappa shape index (κ3) is 3.20. The molecule has 88 valence electrons. The van der Waals surface area contributed by atoms with Crippen LogP contribution in [-0.2, 0) is 11.3 Å². The van der Waals surface area contributed by atoms with Gasteiger partial charge in [0.15, 0.2) is 0 Å². The van der Waals surface area contributed by atoms with Crippen molar-refractivity contribution in [1.29, 1.82) is 0 Å². The van der Waals surface area contributed by atoms with E-state index in [1.165, 1.54) is 0 Å². The number of pyridine rings is 1. The number of likely N-dealkylation sites (N-methyl/N-ethyl adjacent to an activating group) is 1. The molecule has 0 bridgehead atoms. The molecule has 4 N–H and O–H groups in total. The van der Waals surface area contributed by atoms with Crippen molar-refractivity contribution in [3.8, 4) is 0 Å². The van der Waals surface area contributed by atoms with E-state index in [0.29, 0.717) is 13.1 Å². The van der Waals surface area contributed by atoms with E-state index in [4.69, 9.17) is 11.5 Å². The van der Waals surface area contributed by atoms with E-state index in [-0.39, 0.29) is 12.5 Å². The molecule has 1 amide bonds.